The lowest BCUT2D eigenvalue weighted by Crippen LogP contribution is -2.38. The molecule has 1 heterocycles. The lowest BCUT2D eigenvalue weighted by molar-refractivity contribution is -0.152. The number of aliphatic carboxylic acids is 1. The van der Waals surface area contributed by atoms with Crippen LogP contribution in [0.5, 0.6) is 5.75 Å². The third-order valence-electron chi connectivity index (χ3n) is 3.91. The molecule has 1 saturated heterocycles. The van der Waals surface area contributed by atoms with E-state index in [-0.39, 0.29) is 5.92 Å². The number of hydrogen-bond acceptors (Lipinski definition) is 3. The van der Waals surface area contributed by atoms with E-state index in [0.717, 1.165) is 18.4 Å². The van der Waals surface area contributed by atoms with Crippen LogP contribution in [-0.4, -0.2) is 45.9 Å². The van der Waals surface area contributed by atoms with E-state index >= 15 is 0 Å². The van der Waals surface area contributed by atoms with Gasteiger partial charge in [0, 0.05) is 19.0 Å². The Balaban J connectivity index is 2.14. The molecular weight excluding hydrogens is 286 g/mol. The molecule has 0 unspecified atom stereocenters. The molecule has 22 heavy (non-hydrogen) atoms. The van der Waals surface area contributed by atoms with E-state index in [0.29, 0.717) is 18.8 Å². The van der Waals surface area contributed by atoms with Gasteiger partial charge in [0.1, 0.15) is 5.75 Å². The van der Waals surface area contributed by atoms with Crippen molar-refractivity contribution in [2.75, 3.05) is 13.1 Å². The third kappa shape index (κ3) is 3.69. The van der Waals surface area contributed by atoms with E-state index in [1.165, 1.54) is 18.7 Å². The predicted molar refractivity (Wildman–Crippen MR) is 80.4 cm³/mol. The van der Waals surface area contributed by atoms with Crippen LogP contribution in [0.1, 0.15) is 38.2 Å². The Bertz CT molecular complexity index is 569. The molecule has 1 atom stereocenters. The number of hydrogen-bond donors (Lipinski definition) is 2. The molecule has 0 spiro atoms. The van der Waals surface area contributed by atoms with Gasteiger partial charge in [0.25, 0.3) is 0 Å². The highest BCUT2D eigenvalue weighted by molar-refractivity contribution is 5.76. The second-order valence-electron chi connectivity index (χ2n) is 6.06. The highest BCUT2D eigenvalue weighted by Gasteiger charge is 2.30. The minimum Gasteiger partial charge on any atom is -0.478 e. The molecule has 120 valence electrons. The van der Waals surface area contributed by atoms with Gasteiger partial charge in [-0.15, -0.1) is 0 Å². The summed E-state index contributed by atoms with van der Waals surface area (Å²) < 4.78 is 5.54. The minimum absolute atomic E-state index is 0.112. The number of carboxylic acids is 1. The number of piperidine rings is 1. The van der Waals surface area contributed by atoms with Gasteiger partial charge in [-0.3, -0.25) is 0 Å². The Labute approximate surface area is 129 Å². The van der Waals surface area contributed by atoms with Crippen molar-refractivity contribution < 1.29 is 24.5 Å². The SMILES string of the molecule is CC(C)(Oc1cccc([C@H]2CCCN(C(=O)O)C2)c1)C(=O)O. The maximum absolute atomic E-state index is 11.1. The average Bonchev–Trinajstić information content (AvgIpc) is 2.47. The van der Waals surface area contributed by atoms with Crippen LogP contribution in [0.15, 0.2) is 24.3 Å². The molecule has 2 rings (SSSR count). The van der Waals surface area contributed by atoms with Gasteiger partial charge in [0.05, 0.1) is 0 Å². The minimum atomic E-state index is -1.31. The zero-order valence-corrected chi connectivity index (χ0v) is 12.8. The molecule has 2 N–H and O–H groups in total. The number of carbonyl (C=O) groups is 2. The Kier molecular flexibility index (Phi) is 4.59. The van der Waals surface area contributed by atoms with Crippen molar-refractivity contribution in [3.05, 3.63) is 29.8 Å². The second kappa shape index (κ2) is 6.25. The van der Waals surface area contributed by atoms with Gasteiger partial charge in [-0.2, -0.15) is 0 Å². The van der Waals surface area contributed by atoms with E-state index in [2.05, 4.69) is 0 Å². The first-order chi connectivity index (χ1) is 10.3. The van der Waals surface area contributed by atoms with E-state index in [1.54, 1.807) is 12.1 Å². The zero-order chi connectivity index (χ0) is 16.3. The molecule has 1 aromatic carbocycles. The van der Waals surface area contributed by atoms with Gasteiger partial charge in [0.15, 0.2) is 5.60 Å². The smallest absolute Gasteiger partial charge is 0.407 e. The number of nitrogens with zero attached hydrogens (tertiary/aromatic N) is 1. The van der Waals surface area contributed by atoms with Gasteiger partial charge >= 0.3 is 12.1 Å². The second-order valence-corrected chi connectivity index (χ2v) is 6.06. The van der Waals surface area contributed by atoms with E-state index in [4.69, 9.17) is 14.9 Å². The molecule has 0 aromatic heterocycles. The summed E-state index contributed by atoms with van der Waals surface area (Å²) in [5.41, 5.74) is -0.331. The molecule has 6 nitrogen and oxygen atoms in total. The average molecular weight is 307 g/mol. The number of amides is 1. The summed E-state index contributed by atoms with van der Waals surface area (Å²) in [6, 6.07) is 7.26. The molecule has 6 heteroatoms. The Morgan fingerprint density at radius 3 is 2.68 bits per heavy atom. The van der Waals surface area contributed by atoms with Gasteiger partial charge < -0.3 is 19.8 Å². The van der Waals surface area contributed by atoms with Gasteiger partial charge in [-0.05, 0) is 44.4 Å². The molecule has 1 aliphatic rings. The lowest BCUT2D eigenvalue weighted by atomic mass is 9.90. The molecule has 0 bridgehead atoms. The standard InChI is InChI=1S/C16H21NO5/c1-16(2,14(18)19)22-13-7-3-5-11(9-13)12-6-4-8-17(10-12)15(20)21/h3,5,7,9,12H,4,6,8,10H2,1-2H3,(H,18,19)(H,20,21)/t12-/m0/s1. The number of carboxylic acid groups (broad SMARTS) is 2. The summed E-state index contributed by atoms with van der Waals surface area (Å²) in [6.45, 7) is 4.01. The first-order valence-corrected chi connectivity index (χ1v) is 7.30. The summed E-state index contributed by atoms with van der Waals surface area (Å²) in [6.07, 6.45) is 0.835. The summed E-state index contributed by atoms with van der Waals surface area (Å²) in [5.74, 6) is -0.439. The molecule has 1 aliphatic heterocycles. The quantitative estimate of drug-likeness (QED) is 0.893. The summed E-state index contributed by atoms with van der Waals surface area (Å²) in [7, 11) is 0. The molecule has 0 aliphatic carbocycles. The van der Waals surface area contributed by atoms with Crippen LogP contribution in [0, 0.1) is 0 Å². The molecule has 0 radical (unpaired) electrons. The number of benzene rings is 1. The number of likely N-dealkylation sites (tertiary alicyclic amines) is 1. The normalized spacial score (nSPS) is 18.8. The highest BCUT2D eigenvalue weighted by Crippen LogP contribution is 2.30. The van der Waals surface area contributed by atoms with Crippen molar-refractivity contribution in [3.8, 4) is 5.75 Å². The molecular formula is C16H21NO5. The molecule has 0 saturated carbocycles. The van der Waals surface area contributed by atoms with Crippen molar-refractivity contribution in [1.82, 2.24) is 4.90 Å². The molecule has 1 amide bonds. The topological polar surface area (TPSA) is 87.1 Å². The van der Waals surface area contributed by atoms with Crippen molar-refractivity contribution >= 4 is 12.1 Å². The third-order valence-corrected chi connectivity index (χ3v) is 3.91. The number of ether oxygens (including phenoxy) is 1. The summed E-state index contributed by atoms with van der Waals surface area (Å²) in [4.78, 5) is 23.6. The van der Waals surface area contributed by atoms with Crippen LogP contribution in [0.2, 0.25) is 0 Å². The Hall–Kier alpha value is -2.24. The largest absolute Gasteiger partial charge is 0.478 e. The zero-order valence-electron chi connectivity index (χ0n) is 12.8. The fourth-order valence-electron chi connectivity index (χ4n) is 2.59. The lowest BCUT2D eigenvalue weighted by Gasteiger charge is -2.31. The van der Waals surface area contributed by atoms with Gasteiger partial charge in [-0.25, -0.2) is 9.59 Å². The monoisotopic (exact) mass is 307 g/mol. The summed E-state index contributed by atoms with van der Waals surface area (Å²) in [5, 5.41) is 18.2. The van der Waals surface area contributed by atoms with Crippen molar-refractivity contribution in [2.45, 2.75) is 38.2 Å². The predicted octanol–water partition coefficient (Wildman–Crippen LogP) is 2.79. The maximum Gasteiger partial charge on any atom is 0.407 e. The van der Waals surface area contributed by atoms with Crippen LogP contribution in [-0.2, 0) is 4.79 Å². The van der Waals surface area contributed by atoms with E-state index < -0.39 is 17.7 Å². The number of rotatable bonds is 4. The fourth-order valence-corrected chi connectivity index (χ4v) is 2.59. The Morgan fingerprint density at radius 2 is 2.05 bits per heavy atom. The molecule has 1 aromatic rings. The van der Waals surface area contributed by atoms with E-state index in [1.807, 2.05) is 12.1 Å². The van der Waals surface area contributed by atoms with Crippen LogP contribution in [0.25, 0.3) is 0 Å². The van der Waals surface area contributed by atoms with Crippen LogP contribution < -0.4 is 4.74 Å². The van der Waals surface area contributed by atoms with Crippen LogP contribution in [0.4, 0.5) is 4.79 Å². The highest BCUT2D eigenvalue weighted by atomic mass is 16.5. The fraction of sp³-hybridized carbons (Fsp3) is 0.500. The van der Waals surface area contributed by atoms with Crippen LogP contribution >= 0.6 is 0 Å². The molecule has 1 fully saturated rings. The first kappa shape index (κ1) is 16.1. The summed E-state index contributed by atoms with van der Waals surface area (Å²) >= 11 is 0. The van der Waals surface area contributed by atoms with Gasteiger partial charge in [0.2, 0.25) is 0 Å². The van der Waals surface area contributed by atoms with Gasteiger partial charge in [-0.1, -0.05) is 12.1 Å². The van der Waals surface area contributed by atoms with Crippen LogP contribution in [0.3, 0.4) is 0 Å². The Morgan fingerprint density at radius 1 is 1.32 bits per heavy atom. The first-order valence-electron chi connectivity index (χ1n) is 7.30. The van der Waals surface area contributed by atoms with Crippen molar-refractivity contribution in [2.24, 2.45) is 0 Å². The van der Waals surface area contributed by atoms with Crippen molar-refractivity contribution in [3.63, 3.8) is 0 Å². The van der Waals surface area contributed by atoms with E-state index in [9.17, 15) is 9.59 Å². The van der Waals surface area contributed by atoms with Crippen molar-refractivity contribution in [1.29, 1.82) is 0 Å². The maximum atomic E-state index is 11.1.